The van der Waals surface area contributed by atoms with Crippen molar-refractivity contribution in [2.24, 2.45) is 5.92 Å². The normalized spacial score (nSPS) is 24.5. The molecule has 1 saturated heterocycles. The Morgan fingerprint density at radius 1 is 1.53 bits per heavy atom. The van der Waals surface area contributed by atoms with Crippen LogP contribution in [0, 0.1) is 5.92 Å². The van der Waals surface area contributed by atoms with Gasteiger partial charge in [-0.3, -0.25) is 9.69 Å². The van der Waals surface area contributed by atoms with E-state index in [9.17, 15) is 4.79 Å². The van der Waals surface area contributed by atoms with E-state index in [1.54, 1.807) is 0 Å². The number of nitrogens with zero attached hydrogens (tertiary/aromatic N) is 1. The van der Waals surface area contributed by atoms with Crippen LogP contribution in [0.15, 0.2) is 0 Å². The summed E-state index contributed by atoms with van der Waals surface area (Å²) in [5.74, 6) is 0.251. The molecule has 4 heteroatoms. The van der Waals surface area contributed by atoms with Crippen molar-refractivity contribution in [2.45, 2.75) is 40.0 Å². The summed E-state index contributed by atoms with van der Waals surface area (Å²) in [6, 6.07) is 0. The van der Waals surface area contributed by atoms with Gasteiger partial charge in [0.15, 0.2) is 0 Å². The first-order valence-corrected chi connectivity index (χ1v) is 5.53. The van der Waals surface area contributed by atoms with E-state index in [4.69, 9.17) is 9.47 Å². The van der Waals surface area contributed by atoms with Crippen LogP contribution in [0.4, 0.5) is 0 Å². The molecule has 1 aliphatic rings. The van der Waals surface area contributed by atoms with Gasteiger partial charge in [0.1, 0.15) is 12.3 Å². The zero-order valence-corrected chi connectivity index (χ0v) is 10.0. The molecule has 1 aliphatic heterocycles. The minimum atomic E-state index is -0.219. The molecule has 0 bridgehead atoms. The molecule has 88 valence electrons. The van der Waals surface area contributed by atoms with Crippen molar-refractivity contribution < 1.29 is 14.3 Å². The van der Waals surface area contributed by atoms with Gasteiger partial charge in [-0.1, -0.05) is 13.8 Å². The lowest BCUT2D eigenvalue weighted by Gasteiger charge is -2.27. The van der Waals surface area contributed by atoms with Crippen LogP contribution in [0.5, 0.6) is 0 Å². The summed E-state index contributed by atoms with van der Waals surface area (Å²) in [6.07, 6.45) is 0.105. The lowest BCUT2D eigenvalue weighted by Crippen LogP contribution is -2.39. The van der Waals surface area contributed by atoms with E-state index in [2.05, 4.69) is 18.7 Å². The number of carbonyl (C=O) groups is 1. The molecule has 2 unspecified atom stereocenters. The SMILES string of the molecule is CC(=O)OC(C)CN1CCOC1C(C)C. The van der Waals surface area contributed by atoms with Gasteiger partial charge in [-0.15, -0.1) is 0 Å². The third-order valence-corrected chi connectivity index (χ3v) is 2.46. The highest BCUT2D eigenvalue weighted by atomic mass is 16.5. The zero-order valence-electron chi connectivity index (χ0n) is 10.0. The van der Waals surface area contributed by atoms with Crippen LogP contribution in [0.1, 0.15) is 27.7 Å². The minimum absolute atomic E-state index is 0.0644. The van der Waals surface area contributed by atoms with E-state index in [1.165, 1.54) is 6.92 Å². The number of ether oxygens (including phenoxy) is 2. The average Bonchev–Trinajstić information content (AvgIpc) is 2.50. The maximum Gasteiger partial charge on any atom is 0.302 e. The van der Waals surface area contributed by atoms with Gasteiger partial charge in [0.2, 0.25) is 0 Å². The Balaban J connectivity index is 2.39. The smallest absolute Gasteiger partial charge is 0.302 e. The van der Waals surface area contributed by atoms with Gasteiger partial charge in [-0.2, -0.15) is 0 Å². The molecule has 15 heavy (non-hydrogen) atoms. The minimum Gasteiger partial charge on any atom is -0.461 e. The summed E-state index contributed by atoms with van der Waals surface area (Å²) in [4.78, 5) is 13.0. The fourth-order valence-corrected chi connectivity index (χ4v) is 1.98. The Morgan fingerprint density at radius 2 is 2.20 bits per heavy atom. The molecule has 1 fully saturated rings. The number of rotatable bonds is 4. The molecular weight excluding hydrogens is 194 g/mol. The van der Waals surface area contributed by atoms with E-state index >= 15 is 0 Å². The second kappa shape index (κ2) is 5.47. The van der Waals surface area contributed by atoms with Crippen molar-refractivity contribution in [3.63, 3.8) is 0 Å². The summed E-state index contributed by atoms with van der Waals surface area (Å²) in [5.41, 5.74) is 0. The number of hydrogen-bond acceptors (Lipinski definition) is 4. The second-order valence-electron chi connectivity index (χ2n) is 4.42. The largest absolute Gasteiger partial charge is 0.461 e. The highest BCUT2D eigenvalue weighted by Gasteiger charge is 2.29. The van der Waals surface area contributed by atoms with Crippen LogP contribution in [0.25, 0.3) is 0 Å². The number of carbonyl (C=O) groups excluding carboxylic acids is 1. The highest BCUT2D eigenvalue weighted by Crippen LogP contribution is 2.18. The van der Waals surface area contributed by atoms with E-state index in [0.717, 1.165) is 19.7 Å². The van der Waals surface area contributed by atoms with Crippen LogP contribution in [0.2, 0.25) is 0 Å². The molecule has 1 rings (SSSR count). The lowest BCUT2D eigenvalue weighted by atomic mass is 10.1. The van der Waals surface area contributed by atoms with Gasteiger partial charge in [0.05, 0.1) is 6.61 Å². The molecule has 1 heterocycles. The first-order chi connectivity index (χ1) is 7.00. The molecule has 4 nitrogen and oxygen atoms in total. The Bertz CT molecular complexity index is 218. The lowest BCUT2D eigenvalue weighted by molar-refractivity contribution is -0.147. The van der Waals surface area contributed by atoms with Crippen molar-refractivity contribution in [2.75, 3.05) is 19.7 Å². The molecule has 0 aromatic carbocycles. The standard InChI is InChI=1S/C11H21NO3/c1-8(2)11-12(5-6-14-11)7-9(3)15-10(4)13/h8-9,11H,5-7H2,1-4H3. The second-order valence-corrected chi connectivity index (χ2v) is 4.42. The van der Waals surface area contributed by atoms with Crippen molar-refractivity contribution >= 4 is 5.97 Å². The molecule has 0 radical (unpaired) electrons. The molecule has 0 spiro atoms. The Labute approximate surface area is 91.5 Å². The molecule has 0 saturated carbocycles. The predicted octanol–water partition coefficient (Wildman–Crippen LogP) is 1.25. The summed E-state index contributed by atoms with van der Waals surface area (Å²) in [5, 5.41) is 0. The van der Waals surface area contributed by atoms with E-state index in [0.29, 0.717) is 5.92 Å². The zero-order chi connectivity index (χ0) is 11.4. The topological polar surface area (TPSA) is 38.8 Å². The van der Waals surface area contributed by atoms with Crippen molar-refractivity contribution in [1.82, 2.24) is 4.90 Å². The van der Waals surface area contributed by atoms with E-state index < -0.39 is 0 Å². The van der Waals surface area contributed by atoms with Crippen LogP contribution in [0.3, 0.4) is 0 Å². The Kier molecular flexibility index (Phi) is 4.54. The van der Waals surface area contributed by atoms with Crippen molar-refractivity contribution in [3.8, 4) is 0 Å². The van der Waals surface area contributed by atoms with Crippen LogP contribution < -0.4 is 0 Å². The summed E-state index contributed by atoms with van der Waals surface area (Å²) >= 11 is 0. The third kappa shape index (κ3) is 3.80. The fourth-order valence-electron chi connectivity index (χ4n) is 1.98. The van der Waals surface area contributed by atoms with Crippen LogP contribution in [-0.2, 0) is 14.3 Å². The molecule has 0 N–H and O–H groups in total. The monoisotopic (exact) mass is 215 g/mol. The van der Waals surface area contributed by atoms with Gasteiger partial charge in [0.25, 0.3) is 0 Å². The summed E-state index contributed by atoms with van der Waals surface area (Å²) in [6.45, 7) is 10.1. The molecular formula is C11H21NO3. The van der Waals surface area contributed by atoms with E-state index in [-0.39, 0.29) is 18.3 Å². The van der Waals surface area contributed by atoms with E-state index in [1.807, 2.05) is 6.92 Å². The third-order valence-electron chi connectivity index (χ3n) is 2.46. The number of esters is 1. The van der Waals surface area contributed by atoms with Gasteiger partial charge >= 0.3 is 5.97 Å². The predicted molar refractivity (Wildman–Crippen MR) is 57.4 cm³/mol. The molecule has 0 aromatic rings. The molecule has 0 aliphatic carbocycles. The van der Waals surface area contributed by atoms with Crippen molar-refractivity contribution in [1.29, 1.82) is 0 Å². The Hall–Kier alpha value is -0.610. The Morgan fingerprint density at radius 3 is 2.73 bits per heavy atom. The highest BCUT2D eigenvalue weighted by molar-refractivity contribution is 5.66. The molecule has 0 aromatic heterocycles. The van der Waals surface area contributed by atoms with Crippen LogP contribution in [-0.4, -0.2) is 42.9 Å². The van der Waals surface area contributed by atoms with Gasteiger partial charge in [-0.25, -0.2) is 0 Å². The maximum atomic E-state index is 10.8. The molecule has 2 atom stereocenters. The first kappa shape index (κ1) is 12.5. The van der Waals surface area contributed by atoms with Gasteiger partial charge in [0, 0.05) is 20.0 Å². The number of hydrogen-bond donors (Lipinski definition) is 0. The summed E-state index contributed by atoms with van der Waals surface area (Å²) in [7, 11) is 0. The van der Waals surface area contributed by atoms with Crippen LogP contribution >= 0.6 is 0 Å². The summed E-state index contributed by atoms with van der Waals surface area (Å²) < 4.78 is 10.7. The maximum absolute atomic E-state index is 10.8. The van der Waals surface area contributed by atoms with Gasteiger partial charge < -0.3 is 9.47 Å². The molecule has 0 amide bonds. The first-order valence-electron chi connectivity index (χ1n) is 5.53. The van der Waals surface area contributed by atoms with Crippen molar-refractivity contribution in [3.05, 3.63) is 0 Å². The quantitative estimate of drug-likeness (QED) is 0.662. The van der Waals surface area contributed by atoms with Gasteiger partial charge in [-0.05, 0) is 12.8 Å². The average molecular weight is 215 g/mol. The fraction of sp³-hybridized carbons (Fsp3) is 0.909.